The van der Waals surface area contributed by atoms with Gasteiger partial charge in [-0.05, 0) is 18.9 Å². The Kier molecular flexibility index (Phi) is 3.94. The van der Waals surface area contributed by atoms with Crippen molar-refractivity contribution in [1.82, 2.24) is 10.3 Å². The van der Waals surface area contributed by atoms with Crippen molar-refractivity contribution >= 4 is 34.9 Å². The Morgan fingerprint density at radius 3 is 2.78 bits per heavy atom. The number of halogens is 2. The van der Waals surface area contributed by atoms with Crippen molar-refractivity contribution in [3.05, 3.63) is 22.3 Å². The molecule has 0 saturated heterocycles. The van der Waals surface area contributed by atoms with E-state index < -0.39 is 5.54 Å². The highest BCUT2D eigenvalue weighted by atomic mass is 35.5. The van der Waals surface area contributed by atoms with E-state index in [-0.39, 0.29) is 5.91 Å². The van der Waals surface area contributed by atoms with E-state index >= 15 is 0 Å². The first-order valence-electron chi connectivity index (χ1n) is 5.63. The van der Waals surface area contributed by atoms with E-state index in [9.17, 15) is 4.79 Å². The van der Waals surface area contributed by atoms with Crippen molar-refractivity contribution in [2.24, 2.45) is 5.73 Å². The summed E-state index contributed by atoms with van der Waals surface area (Å²) in [6, 6.07) is 1.61. The molecule has 5 nitrogen and oxygen atoms in total. The molecule has 1 aliphatic carbocycles. The summed E-state index contributed by atoms with van der Waals surface area (Å²) in [5, 5.41) is 6.71. The van der Waals surface area contributed by atoms with Gasteiger partial charge in [-0.2, -0.15) is 0 Å². The fourth-order valence-corrected chi connectivity index (χ4v) is 1.89. The number of amides is 1. The maximum atomic E-state index is 11.5. The fourth-order valence-electron chi connectivity index (χ4n) is 1.44. The number of pyridine rings is 1. The minimum Gasteiger partial charge on any atom is -0.367 e. The highest BCUT2D eigenvalue weighted by Crippen LogP contribution is 2.31. The largest absolute Gasteiger partial charge is 0.367 e. The molecular weight excluding hydrogens is 275 g/mol. The topological polar surface area (TPSA) is 80.0 Å². The Hall–Kier alpha value is -1.04. The van der Waals surface area contributed by atoms with Crippen LogP contribution in [0.2, 0.25) is 10.0 Å². The molecule has 1 aromatic heterocycles. The molecule has 7 heteroatoms. The number of nitrogens with zero attached hydrogens (tertiary/aromatic N) is 1. The molecule has 0 aromatic carbocycles. The molecule has 1 saturated carbocycles. The lowest BCUT2D eigenvalue weighted by atomic mass is 10.3. The number of carbonyl (C=O) groups is 1. The number of anilines is 1. The van der Waals surface area contributed by atoms with Crippen LogP contribution in [0.15, 0.2) is 12.3 Å². The Morgan fingerprint density at radius 1 is 1.44 bits per heavy atom. The lowest BCUT2D eigenvalue weighted by molar-refractivity contribution is -0.123. The van der Waals surface area contributed by atoms with Crippen LogP contribution in [0, 0.1) is 0 Å². The molecule has 0 aliphatic heterocycles. The molecule has 1 aliphatic rings. The predicted octanol–water partition coefficient (Wildman–Crippen LogP) is 1.41. The molecule has 1 heterocycles. The number of carbonyl (C=O) groups excluding carboxylic acids is 1. The Bertz CT molecular complexity index is 462. The van der Waals surface area contributed by atoms with E-state index in [4.69, 9.17) is 28.9 Å². The number of hydrogen-bond donors (Lipinski definition) is 3. The van der Waals surface area contributed by atoms with Gasteiger partial charge in [0.25, 0.3) is 0 Å². The van der Waals surface area contributed by atoms with E-state index in [1.54, 1.807) is 6.07 Å². The van der Waals surface area contributed by atoms with Crippen LogP contribution in [-0.2, 0) is 4.79 Å². The summed E-state index contributed by atoms with van der Waals surface area (Å²) in [7, 11) is 0. The van der Waals surface area contributed by atoms with E-state index in [0.717, 1.165) is 12.8 Å². The second-order valence-electron chi connectivity index (χ2n) is 4.32. The van der Waals surface area contributed by atoms with E-state index in [2.05, 4.69) is 15.6 Å². The van der Waals surface area contributed by atoms with Gasteiger partial charge in [0.05, 0.1) is 15.6 Å². The van der Waals surface area contributed by atoms with Crippen molar-refractivity contribution < 1.29 is 4.79 Å². The monoisotopic (exact) mass is 288 g/mol. The summed E-state index contributed by atoms with van der Waals surface area (Å²) in [6.45, 7) is 0.995. The van der Waals surface area contributed by atoms with E-state index in [1.165, 1.54) is 6.20 Å². The highest BCUT2D eigenvalue weighted by molar-refractivity contribution is 6.35. The molecule has 98 valence electrons. The zero-order valence-corrected chi connectivity index (χ0v) is 11.2. The van der Waals surface area contributed by atoms with Gasteiger partial charge in [-0.15, -0.1) is 0 Å². The van der Waals surface area contributed by atoms with Crippen LogP contribution in [-0.4, -0.2) is 29.5 Å². The maximum absolute atomic E-state index is 11.5. The normalized spacial score (nSPS) is 16.2. The van der Waals surface area contributed by atoms with Crippen molar-refractivity contribution in [2.45, 2.75) is 18.4 Å². The van der Waals surface area contributed by atoms with Crippen molar-refractivity contribution in [3.63, 3.8) is 0 Å². The molecule has 1 aromatic rings. The summed E-state index contributed by atoms with van der Waals surface area (Å²) in [5.74, 6) is 0.448. The molecule has 1 amide bonds. The zero-order valence-electron chi connectivity index (χ0n) is 9.67. The van der Waals surface area contributed by atoms with Crippen molar-refractivity contribution in [2.75, 3.05) is 18.4 Å². The van der Waals surface area contributed by atoms with Gasteiger partial charge in [-0.3, -0.25) is 4.79 Å². The third-order valence-electron chi connectivity index (χ3n) is 2.75. The van der Waals surface area contributed by atoms with Gasteiger partial charge in [-0.25, -0.2) is 4.98 Å². The molecule has 0 radical (unpaired) electrons. The Labute approximate surface area is 115 Å². The summed E-state index contributed by atoms with van der Waals surface area (Å²) in [6.07, 6.45) is 3.03. The standard InChI is InChI=1S/C11H14Cl2N4O/c12-7-5-8(13)9(17-6-7)15-3-4-16-10(18)11(14)1-2-11/h5-6H,1-4,14H2,(H,15,17)(H,16,18). The van der Waals surface area contributed by atoms with Gasteiger partial charge in [-0.1, -0.05) is 23.2 Å². The lowest BCUT2D eigenvalue weighted by Gasteiger charge is -2.11. The zero-order chi connectivity index (χ0) is 13.2. The first-order chi connectivity index (χ1) is 8.51. The smallest absolute Gasteiger partial charge is 0.240 e. The SMILES string of the molecule is NC1(C(=O)NCCNc2ncc(Cl)cc2Cl)CC1. The molecular formula is C11H14Cl2N4O. The van der Waals surface area contributed by atoms with Crippen LogP contribution >= 0.6 is 23.2 Å². The summed E-state index contributed by atoms with van der Waals surface area (Å²) in [4.78, 5) is 15.6. The molecule has 0 atom stereocenters. The number of nitrogens with one attached hydrogen (secondary N) is 2. The third kappa shape index (κ3) is 3.25. The van der Waals surface area contributed by atoms with Crippen LogP contribution in [0.5, 0.6) is 0 Å². The van der Waals surface area contributed by atoms with Gasteiger partial charge in [0, 0.05) is 19.3 Å². The second kappa shape index (κ2) is 5.30. The molecule has 0 spiro atoms. The summed E-state index contributed by atoms with van der Waals surface area (Å²) in [5.41, 5.74) is 5.11. The number of aromatic nitrogens is 1. The van der Waals surface area contributed by atoms with Crippen molar-refractivity contribution in [3.8, 4) is 0 Å². The van der Waals surface area contributed by atoms with Crippen LogP contribution in [0.25, 0.3) is 0 Å². The van der Waals surface area contributed by atoms with E-state index in [0.29, 0.717) is 29.0 Å². The first kappa shape index (κ1) is 13.4. The van der Waals surface area contributed by atoms with E-state index in [1.807, 2.05) is 0 Å². The average Bonchev–Trinajstić information content (AvgIpc) is 3.06. The fraction of sp³-hybridized carbons (Fsp3) is 0.455. The van der Waals surface area contributed by atoms with Crippen LogP contribution in [0.3, 0.4) is 0 Å². The maximum Gasteiger partial charge on any atom is 0.240 e. The number of hydrogen-bond acceptors (Lipinski definition) is 4. The summed E-state index contributed by atoms with van der Waals surface area (Å²) < 4.78 is 0. The Morgan fingerprint density at radius 2 is 2.17 bits per heavy atom. The predicted molar refractivity (Wildman–Crippen MR) is 71.9 cm³/mol. The minimum atomic E-state index is -0.629. The molecule has 0 unspecified atom stereocenters. The van der Waals surface area contributed by atoms with Crippen LogP contribution in [0.4, 0.5) is 5.82 Å². The minimum absolute atomic E-state index is 0.0977. The first-order valence-corrected chi connectivity index (χ1v) is 6.39. The lowest BCUT2D eigenvalue weighted by Crippen LogP contribution is -2.44. The summed E-state index contributed by atoms with van der Waals surface area (Å²) >= 11 is 11.7. The van der Waals surface area contributed by atoms with Gasteiger partial charge < -0.3 is 16.4 Å². The molecule has 1 fully saturated rings. The molecule has 2 rings (SSSR count). The molecule has 18 heavy (non-hydrogen) atoms. The van der Waals surface area contributed by atoms with Crippen molar-refractivity contribution in [1.29, 1.82) is 0 Å². The quantitative estimate of drug-likeness (QED) is 0.716. The third-order valence-corrected chi connectivity index (χ3v) is 3.25. The second-order valence-corrected chi connectivity index (χ2v) is 5.17. The Balaban J connectivity index is 1.73. The molecule has 0 bridgehead atoms. The van der Waals surface area contributed by atoms with Crippen LogP contribution < -0.4 is 16.4 Å². The van der Waals surface area contributed by atoms with Gasteiger partial charge in [0.1, 0.15) is 5.82 Å². The number of nitrogens with two attached hydrogens (primary N) is 1. The van der Waals surface area contributed by atoms with Gasteiger partial charge in [0.2, 0.25) is 5.91 Å². The molecule has 4 N–H and O–H groups in total. The number of rotatable bonds is 5. The van der Waals surface area contributed by atoms with Gasteiger partial charge >= 0.3 is 0 Å². The highest BCUT2D eigenvalue weighted by Gasteiger charge is 2.45. The van der Waals surface area contributed by atoms with Gasteiger partial charge in [0.15, 0.2) is 0 Å². The average molecular weight is 289 g/mol. The van der Waals surface area contributed by atoms with Crippen LogP contribution in [0.1, 0.15) is 12.8 Å².